The molecule has 1 unspecified atom stereocenters. The quantitative estimate of drug-likeness (QED) is 0.855. The van der Waals surface area contributed by atoms with Gasteiger partial charge >= 0.3 is 0 Å². The molecule has 2 aromatic carbocycles. The molecule has 0 saturated carbocycles. The van der Waals surface area contributed by atoms with Crippen molar-refractivity contribution in [3.05, 3.63) is 69.4 Å². The number of nitrogens with one attached hydrogen (secondary N) is 1. The highest BCUT2D eigenvalue weighted by molar-refractivity contribution is 9.10. The first-order valence-electron chi connectivity index (χ1n) is 6.86. The number of aryl methyl sites for hydroxylation is 1. The Morgan fingerprint density at radius 3 is 2.48 bits per heavy atom. The molecule has 0 aliphatic carbocycles. The number of hydrogen-bond donors (Lipinski definition) is 1. The van der Waals surface area contributed by atoms with Crippen LogP contribution in [0.5, 0.6) is 0 Å². The first-order valence-corrected chi connectivity index (χ1v) is 7.65. The van der Waals surface area contributed by atoms with Crippen molar-refractivity contribution in [1.82, 2.24) is 5.32 Å². The summed E-state index contributed by atoms with van der Waals surface area (Å²) in [5, 5.41) is 2.91. The zero-order valence-corrected chi connectivity index (χ0v) is 13.6. The van der Waals surface area contributed by atoms with Gasteiger partial charge in [-0.15, -0.1) is 0 Å². The lowest BCUT2D eigenvalue weighted by molar-refractivity contribution is 0.0940. The van der Waals surface area contributed by atoms with Crippen molar-refractivity contribution in [3.63, 3.8) is 0 Å². The van der Waals surface area contributed by atoms with Gasteiger partial charge in [0.25, 0.3) is 5.91 Å². The second-order valence-electron chi connectivity index (χ2n) is 4.92. The number of rotatable bonds is 4. The molecule has 2 aromatic rings. The maximum atomic E-state index is 13.2. The van der Waals surface area contributed by atoms with Crippen LogP contribution >= 0.6 is 15.9 Å². The first kappa shape index (κ1) is 15.7. The molecule has 0 aromatic heterocycles. The largest absolute Gasteiger partial charge is 0.346 e. The minimum atomic E-state index is -0.380. The molecule has 110 valence electrons. The number of carbonyl (C=O) groups is 1. The fourth-order valence-corrected chi connectivity index (χ4v) is 2.42. The van der Waals surface area contributed by atoms with E-state index in [9.17, 15) is 9.18 Å². The summed E-state index contributed by atoms with van der Waals surface area (Å²) >= 11 is 3.09. The Bertz CT molecular complexity index is 640. The van der Waals surface area contributed by atoms with Crippen LogP contribution in [-0.2, 0) is 6.42 Å². The Morgan fingerprint density at radius 2 is 1.90 bits per heavy atom. The molecule has 0 bridgehead atoms. The second kappa shape index (κ2) is 6.85. The predicted molar refractivity (Wildman–Crippen MR) is 85.8 cm³/mol. The van der Waals surface area contributed by atoms with Crippen LogP contribution in [0.3, 0.4) is 0 Å². The van der Waals surface area contributed by atoms with Crippen molar-refractivity contribution < 1.29 is 9.18 Å². The van der Waals surface area contributed by atoms with Crippen LogP contribution in [0.1, 0.15) is 41.4 Å². The summed E-state index contributed by atoms with van der Waals surface area (Å²) in [6.45, 7) is 4.03. The Kier molecular flexibility index (Phi) is 5.12. The molecule has 0 aliphatic rings. The van der Waals surface area contributed by atoms with Crippen LogP contribution in [0.25, 0.3) is 0 Å². The number of hydrogen-bond acceptors (Lipinski definition) is 1. The Morgan fingerprint density at radius 1 is 1.24 bits per heavy atom. The Labute approximate surface area is 132 Å². The molecule has 1 amide bonds. The minimum Gasteiger partial charge on any atom is -0.346 e. The summed E-state index contributed by atoms with van der Waals surface area (Å²) in [6.07, 6.45) is 0.991. The van der Waals surface area contributed by atoms with Gasteiger partial charge < -0.3 is 5.32 Å². The van der Waals surface area contributed by atoms with E-state index in [-0.39, 0.29) is 22.2 Å². The van der Waals surface area contributed by atoms with Gasteiger partial charge in [0, 0.05) is 5.56 Å². The van der Waals surface area contributed by atoms with Crippen molar-refractivity contribution in [3.8, 4) is 0 Å². The number of carbonyl (C=O) groups excluding carboxylic acids is 1. The van der Waals surface area contributed by atoms with Gasteiger partial charge in [-0.3, -0.25) is 4.79 Å². The normalized spacial score (nSPS) is 12.0. The van der Waals surface area contributed by atoms with Gasteiger partial charge in [-0.25, -0.2) is 4.39 Å². The molecule has 2 rings (SSSR count). The zero-order valence-electron chi connectivity index (χ0n) is 12.0. The van der Waals surface area contributed by atoms with Crippen molar-refractivity contribution in [2.45, 2.75) is 26.3 Å². The average molecular weight is 350 g/mol. The van der Waals surface area contributed by atoms with E-state index >= 15 is 0 Å². The number of benzene rings is 2. The lowest BCUT2D eigenvalue weighted by Crippen LogP contribution is -2.26. The summed E-state index contributed by atoms with van der Waals surface area (Å²) in [4.78, 5) is 12.2. The van der Waals surface area contributed by atoms with Gasteiger partial charge in [0.2, 0.25) is 0 Å². The molecule has 1 atom stereocenters. The first-order chi connectivity index (χ1) is 10.0. The summed E-state index contributed by atoms with van der Waals surface area (Å²) in [5.41, 5.74) is 2.74. The second-order valence-corrected chi connectivity index (χ2v) is 5.77. The van der Waals surface area contributed by atoms with Gasteiger partial charge in [0.1, 0.15) is 5.82 Å². The van der Waals surface area contributed by atoms with Crippen molar-refractivity contribution in [1.29, 1.82) is 0 Å². The van der Waals surface area contributed by atoms with Gasteiger partial charge in [-0.05, 0) is 58.6 Å². The molecule has 2 nitrogen and oxygen atoms in total. The smallest absolute Gasteiger partial charge is 0.251 e. The third-order valence-corrected chi connectivity index (χ3v) is 4.03. The van der Waals surface area contributed by atoms with Crippen LogP contribution in [-0.4, -0.2) is 5.91 Å². The van der Waals surface area contributed by atoms with Crippen LogP contribution < -0.4 is 5.32 Å². The molecule has 4 heteroatoms. The zero-order chi connectivity index (χ0) is 15.4. The lowest BCUT2D eigenvalue weighted by Gasteiger charge is -2.15. The highest BCUT2D eigenvalue weighted by atomic mass is 79.9. The third-order valence-electron chi connectivity index (χ3n) is 3.42. The van der Waals surface area contributed by atoms with E-state index in [1.165, 1.54) is 23.8 Å². The molecule has 21 heavy (non-hydrogen) atoms. The fraction of sp³-hybridized carbons (Fsp3) is 0.235. The summed E-state index contributed by atoms with van der Waals surface area (Å²) in [7, 11) is 0. The minimum absolute atomic E-state index is 0.104. The van der Waals surface area contributed by atoms with Crippen molar-refractivity contribution >= 4 is 21.8 Å². The number of halogens is 2. The molecular weight excluding hydrogens is 333 g/mol. The standard InChI is InChI=1S/C17H17BrFNO/c1-3-12-4-6-13(7-5-12)11(2)20-17(21)14-8-9-16(19)15(18)10-14/h4-11H,3H2,1-2H3,(H,20,21). The molecule has 0 heterocycles. The molecule has 0 fully saturated rings. The summed E-state index contributed by atoms with van der Waals surface area (Å²) in [5.74, 6) is -0.600. The van der Waals surface area contributed by atoms with E-state index in [0.29, 0.717) is 5.56 Å². The highest BCUT2D eigenvalue weighted by Gasteiger charge is 2.12. The molecule has 0 aliphatic heterocycles. The van der Waals surface area contributed by atoms with Gasteiger partial charge in [0.05, 0.1) is 10.5 Å². The van der Waals surface area contributed by atoms with E-state index in [2.05, 4.69) is 40.3 Å². The van der Waals surface area contributed by atoms with E-state index < -0.39 is 0 Å². The SMILES string of the molecule is CCc1ccc(C(C)NC(=O)c2ccc(F)c(Br)c2)cc1. The summed E-state index contributed by atoms with van der Waals surface area (Å²) in [6, 6.07) is 12.3. The molecule has 0 spiro atoms. The van der Waals surface area contributed by atoms with Crippen LogP contribution in [0.2, 0.25) is 0 Å². The maximum absolute atomic E-state index is 13.2. The van der Waals surface area contributed by atoms with E-state index in [1.807, 2.05) is 19.1 Å². The highest BCUT2D eigenvalue weighted by Crippen LogP contribution is 2.18. The maximum Gasteiger partial charge on any atom is 0.251 e. The van der Waals surface area contributed by atoms with E-state index in [0.717, 1.165) is 12.0 Å². The molecule has 0 radical (unpaired) electrons. The lowest BCUT2D eigenvalue weighted by atomic mass is 10.0. The summed E-state index contributed by atoms with van der Waals surface area (Å²) < 4.78 is 13.5. The molecular formula is C17H17BrFNO. The Hall–Kier alpha value is -1.68. The van der Waals surface area contributed by atoms with Crippen LogP contribution in [0.4, 0.5) is 4.39 Å². The van der Waals surface area contributed by atoms with Crippen LogP contribution in [0, 0.1) is 5.82 Å². The fourth-order valence-electron chi connectivity index (χ4n) is 2.04. The van der Waals surface area contributed by atoms with Gasteiger partial charge in [-0.2, -0.15) is 0 Å². The van der Waals surface area contributed by atoms with Gasteiger partial charge in [0.15, 0.2) is 0 Å². The van der Waals surface area contributed by atoms with E-state index in [1.54, 1.807) is 0 Å². The van der Waals surface area contributed by atoms with Crippen LogP contribution in [0.15, 0.2) is 46.9 Å². The molecule has 0 saturated heterocycles. The third kappa shape index (κ3) is 3.91. The van der Waals surface area contributed by atoms with Crippen molar-refractivity contribution in [2.75, 3.05) is 0 Å². The topological polar surface area (TPSA) is 29.1 Å². The predicted octanol–water partition coefficient (Wildman–Crippen LogP) is 4.64. The average Bonchev–Trinajstić information content (AvgIpc) is 2.50. The Balaban J connectivity index is 2.08. The van der Waals surface area contributed by atoms with Crippen molar-refractivity contribution in [2.24, 2.45) is 0 Å². The van der Waals surface area contributed by atoms with Gasteiger partial charge in [-0.1, -0.05) is 31.2 Å². The molecule has 1 N–H and O–H groups in total. The van der Waals surface area contributed by atoms with E-state index in [4.69, 9.17) is 0 Å². The monoisotopic (exact) mass is 349 g/mol. The number of amides is 1.